The zero-order valence-corrected chi connectivity index (χ0v) is 15.0. The van der Waals surface area contributed by atoms with Crippen molar-refractivity contribution < 1.29 is 19.1 Å². The highest BCUT2D eigenvalue weighted by molar-refractivity contribution is 6.01. The molecular weight excluding hydrogens is 346 g/mol. The number of benzene rings is 2. The van der Waals surface area contributed by atoms with Crippen molar-refractivity contribution in [2.75, 3.05) is 19.0 Å². The summed E-state index contributed by atoms with van der Waals surface area (Å²) in [5.74, 6) is -0.886. The van der Waals surface area contributed by atoms with Crippen LogP contribution in [0.5, 0.6) is 0 Å². The summed E-state index contributed by atoms with van der Waals surface area (Å²) in [7, 11) is 1.33. The number of imide groups is 1. The highest BCUT2D eigenvalue weighted by Crippen LogP contribution is 2.23. The summed E-state index contributed by atoms with van der Waals surface area (Å²) in [5.41, 5.74) is 2.70. The molecule has 0 fully saturated rings. The lowest BCUT2D eigenvalue weighted by molar-refractivity contribution is -0.148. The van der Waals surface area contributed by atoms with E-state index in [1.807, 2.05) is 30.3 Å². The Labute approximate surface area is 157 Å². The molecule has 2 aromatic carbocycles. The average Bonchev–Trinajstić information content (AvgIpc) is 2.67. The second kappa shape index (κ2) is 8.46. The number of fused-ring (bicyclic) bond motifs is 1. The van der Waals surface area contributed by atoms with Crippen LogP contribution in [0.4, 0.5) is 10.5 Å². The maximum absolute atomic E-state index is 12.3. The van der Waals surface area contributed by atoms with Crippen LogP contribution in [0.1, 0.15) is 11.1 Å². The topological polar surface area (TPSA) is 87.7 Å². The number of amides is 3. The molecular formula is C20H21N3O4. The third-order valence-corrected chi connectivity index (χ3v) is 4.45. The van der Waals surface area contributed by atoms with Gasteiger partial charge in [0.05, 0.1) is 13.7 Å². The maximum atomic E-state index is 12.3. The van der Waals surface area contributed by atoms with Crippen LogP contribution < -0.4 is 10.6 Å². The number of rotatable bonds is 4. The largest absolute Gasteiger partial charge is 0.468 e. The Morgan fingerprint density at radius 2 is 1.70 bits per heavy atom. The zero-order valence-electron chi connectivity index (χ0n) is 15.0. The number of hydrogen-bond donors (Lipinski definition) is 2. The normalized spacial score (nSPS) is 16.1. The van der Waals surface area contributed by atoms with Gasteiger partial charge >= 0.3 is 12.0 Å². The van der Waals surface area contributed by atoms with Gasteiger partial charge < -0.3 is 10.1 Å². The van der Waals surface area contributed by atoms with E-state index in [2.05, 4.69) is 10.6 Å². The highest BCUT2D eigenvalue weighted by atomic mass is 16.5. The quantitative estimate of drug-likeness (QED) is 0.807. The predicted molar refractivity (Wildman–Crippen MR) is 100.0 cm³/mol. The maximum Gasteiger partial charge on any atom is 0.325 e. The van der Waals surface area contributed by atoms with E-state index in [4.69, 9.17) is 4.74 Å². The van der Waals surface area contributed by atoms with Gasteiger partial charge in [-0.05, 0) is 29.7 Å². The van der Waals surface area contributed by atoms with Crippen molar-refractivity contribution in [3.05, 3.63) is 65.7 Å². The number of esters is 1. The minimum Gasteiger partial charge on any atom is -0.468 e. The fourth-order valence-corrected chi connectivity index (χ4v) is 3.15. The summed E-state index contributed by atoms with van der Waals surface area (Å²) in [6.07, 6.45) is 0.465. The Morgan fingerprint density at radius 1 is 1.04 bits per heavy atom. The molecule has 1 heterocycles. The molecule has 27 heavy (non-hydrogen) atoms. The van der Waals surface area contributed by atoms with Crippen LogP contribution >= 0.6 is 0 Å². The molecule has 0 unspecified atom stereocenters. The second-order valence-electron chi connectivity index (χ2n) is 6.29. The molecule has 2 aromatic rings. The standard InChI is InChI=1S/C20H21N3O4/c1-27-19(25)17-11-14-7-5-6-8-15(14)12-23(17)13-18(24)22-20(26)21-16-9-3-2-4-10-16/h2-10,17H,11-13H2,1H3,(H2,21,22,24,26)/t17-/m0/s1. The van der Waals surface area contributed by atoms with Crippen molar-refractivity contribution in [1.82, 2.24) is 10.2 Å². The van der Waals surface area contributed by atoms with Gasteiger partial charge in [0.25, 0.3) is 0 Å². The summed E-state index contributed by atoms with van der Waals surface area (Å²) >= 11 is 0. The highest BCUT2D eigenvalue weighted by Gasteiger charge is 2.33. The number of methoxy groups -OCH3 is 1. The van der Waals surface area contributed by atoms with E-state index in [1.54, 1.807) is 29.2 Å². The molecule has 7 heteroatoms. The summed E-state index contributed by atoms with van der Waals surface area (Å²) in [5, 5.41) is 4.88. The number of carbonyl (C=O) groups excluding carboxylic acids is 3. The van der Waals surface area contributed by atoms with Crippen LogP contribution in [0.25, 0.3) is 0 Å². The minimum absolute atomic E-state index is 0.0870. The summed E-state index contributed by atoms with van der Waals surface area (Å²) in [4.78, 5) is 38.2. The molecule has 2 N–H and O–H groups in total. The van der Waals surface area contributed by atoms with E-state index in [0.29, 0.717) is 18.7 Å². The monoisotopic (exact) mass is 367 g/mol. The van der Waals surface area contributed by atoms with Gasteiger partial charge in [0.1, 0.15) is 6.04 Å². The number of carbonyl (C=O) groups is 3. The van der Waals surface area contributed by atoms with Crippen LogP contribution in [-0.2, 0) is 27.3 Å². The molecule has 0 bridgehead atoms. The smallest absolute Gasteiger partial charge is 0.325 e. The Balaban J connectivity index is 1.64. The second-order valence-corrected chi connectivity index (χ2v) is 6.29. The predicted octanol–water partition coefficient (Wildman–Crippen LogP) is 1.93. The molecule has 0 saturated carbocycles. The molecule has 1 atom stereocenters. The van der Waals surface area contributed by atoms with Gasteiger partial charge in [0.15, 0.2) is 0 Å². The number of nitrogens with zero attached hydrogens (tertiary/aromatic N) is 1. The van der Waals surface area contributed by atoms with Crippen LogP contribution in [0, 0.1) is 0 Å². The van der Waals surface area contributed by atoms with Crippen molar-refractivity contribution in [3.8, 4) is 0 Å². The number of hydrogen-bond acceptors (Lipinski definition) is 5. The van der Waals surface area contributed by atoms with Crippen molar-refractivity contribution in [3.63, 3.8) is 0 Å². The molecule has 7 nitrogen and oxygen atoms in total. The number of ether oxygens (including phenoxy) is 1. The van der Waals surface area contributed by atoms with Gasteiger partial charge in [0, 0.05) is 12.2 Å². The number of para-hydroxylation sites is 1. The van der Waals surface area contributed by atoms with E-state index < -0.39 is 23.9 Å². The minimum atomic E-state index is -0.613. The van der Waals surface area contributed by atoms with E-state index in [-0.39, 0.29) is 6.54 Å². The fourth-order valence-electron chi connectivity index (χ4n) is 3.15. The lowest BCUT2D eigenvalue weighted by atomic mass is 9.94. The first-order chi connectivity index (χ1) is 13.1. The third-order valence-electron chi connectivity index (χ3n) is 4.45. The van der Waals surface area contributed by atoms with Crippen molar-refractivity contribution in [2.45, 2.75) is 19.0 Å². The summed E-state index contributed by atoms with van der Waals surface area (Å²) < 4.78 is 4.89. The molecule has 0 aliphatic carbocycles. The molecule has 1 aliphatic heterocycles. The third kappa shape index (κ3) is 4.71. The first-order valence-electron chi connectivity index (χ1n) is 8.61. The van der Waals surface area contributed by atoms with Gasteiger partial charge in [-0.25, -0.2) is 4.79 Å². The van der Waals surface area contributed by atoms with Crippen LogP contribution in [-0.4, -0.2) is 42.5 Å². The van der Waals surface area contributed by atoms with Crippen LogP contribution in [0.2, 0.25) is 0 Å². The van der Waals surface area contributed by atoms with Gasteiger partial charge in [-0.3, -0.25) is 19.8 Å². The SMILES string of the molecule is COC(=O)[C@@H]1Cc2ccccc2CN1CC(=O)NC(=O)Nc1ccccc1. The molecule has 3 amide bonds. The molecule has 1 aliphatic rings. The first-order valence-corrected chi connectivity index (χ1v) is 8.61. The Kier molecular flexibility index (Phi) is 5.83. The van der Waals surface area contributed by atoms with Gasteiger partial charge in [-0.15, -0.1) is 0 Å². The van der Waals surface area contributed by atoms with E-state index in [0.717, 1.165) is 11.1 Å². The average molecular weight is 367 g/mol. The number of nitrogens with one attached hydrogen (secondary N) is 2. The fraction of sp³-hybridized carbons (Fsp3) is 0.250. The van der Waals surface area contributed by atoms with E-state index in [1.165, 1.54) is 7.11 Å². The Bertz CT molecular complexity index is 838. The molecule has 0 aromatic heterocycles. The van der Waals surface area contributed by atoms with Crippen LogP contribution in [0.15, 0.2) is 54.6 Å². The lowest BCUT2D eigenvalue weighted by Gasteiger charge is -2.34. The number of urea groups is 1. The molecule has 0 radical (unpaired) electrons. The van der Waals surface area contributed by atoms with Crippen LogP contribution in [0.3, 0.4) is 0 Å². The molecule has 0 spiro atoms. The van der Waals surface area contributed by atoms with Gasteiger partial charge in [0.2, 0.25) is 5.91 Å². The zero-order chi connectivity index (χ0) is 19.2. The van der Waals surface area contributed by atoms with E-state index in [9.17, 15) is 14.4 Å². The Hall–Kier alpha value is -3.19. The molecule has 0 saturated heterocycles. The van der Waals surface area contributed by atoms with Crippen molar-refractivity contribution in [2.24, 2.45) is 0 Å². The lowest BCUT2D eigenvalue weighted by Crippen LogP contribution is -2.51. The number of anilines is 1. The summed E-state index contributed by atoms with van der Waals surface area (Å²) in [6, 6.07) is 15.4. The van der Waals surface area contributed by atoms with Gasteiger partial charge in [-0.1, -0.05) is 42.5 Å². The molecule has 3 rings (SSSR count). The van der Waals surface area contributed by atoms with E-state index >= 15 is 0 Å². The first kappa shape index (κ1) is 18.6. The molecule has 140 valence electrons. The van der Waals surface area contributed by atoms with Crippen molar-refractivity contribution >= 4 is 23.6 Å². The summed E-state index contributed by atoms with van der Waals surface area (Å²) in [6.45, 7) is 0.347. The Morgan fingerprint density at radius 3 is 2.41 bits per heavy atom. The van der Waals surface area contributed by atoms with Gasteiger partial charge in [-0.2, -0.15) is 0 Å². The van der Waals surface area contributed by atoms with Crippen molar-refractivity contribution in [1.29, 1.82) is 0 Å².